The normalized spacial score (nSPS) is 16.8. The Bertz CT molecular complexity index is 458. The fourth-order valence-electron chi connectivity index (χ4n) is 2.74. The van der Waals surface area contributed by atoms with E-state index in [1.54, 1.807) is 0 Å². The lowest BCUT2D eigenvalue weighted by molar-refractivity contribution is 0.136. The van der Waals surface area contributed by atoms with E-state index in [4.69, 9.17) is 5.26 Å². The summed E-state index contributed by atoms with van der Waals surface area (Å²) in [4.78, 5) is 5.07. The Morgan fingerprint density at radius 3 is 2.67 bits per heavy atom. The van der Waals surface area contributed by atoms with Crippen LogP contribution in [-0.2, 0) is 6.54 Å². The molecule has 1 saturated heterocycles. The maximum atomic E-state index is 8.87. The molecule has 0 atom stereocenters. The highest BCUT2D eigenvalue weighted by molar-refractivity contribution is 5.32. The smallest absolute Gasteiger partial charge is 0.0991 e. The number of hydrogen-bond acceptors (Lipinski definition) is 4. The average molecular weight is 286 g/mol. The zero-order valence-electron chi connectivity index (χ0n) is 13.0. The van der Waals surface area contributed by atoms with Gasteiger partial charge in [0.2, 0.25) is 0 Å². The minimum absolute atomic E-state index is 0.739. The number of likely N-dealkylation sites (N-methyl/N-ethyl adjacent to an activating group) is 1. The maximum absolute atomic E-state index is 8.87. The molecular formula is C17H26N4. The lowest BCUT2D eigenvalue weighted by Gasteiger charge is -2.34. The van der Waals surface area contributed by atoms with Crippen LogP contribution in [-0.4, -0.2) is 55.6 Å². The van der Waals surface area contributed by atoms with Gasteiger partial charge in [0.05, 0.1) is 11.6 Å². The van der Waals surface area contributed by atoms with Crippen LogP contribution in [0.5, 0.6) is 0 Å². The van der Waals surface area contributed by atoms with Gasteiger partial charge in [-0.25, -0.2) is 0 Å². The second kappa shape index (κ2) is 8.78. The molecule has 0 amide bonds. The van der Waals surface area contributed by atoms with Gasteiger partial charge >= 0.3 is 0 Å². The Morgan fingerprint density at radius 1 is 1.19 bits per heavy atom. The molecule has 0 radical (unpaired) electrons. The zero-order valence-corrected chi connectivity index (χ0v) is 13.0. The Hall–Kier alpha value is -1.41. The first-order valence-electron chi connectivity index (χ1n) is 7.96. The Labute approximate surface area is 128 Å². The molecule has 4 nitrogen and oxygen atoms in total. The summed E-state index contributed by atoms with van der Waals surface area (Å²) in [5.41, 5.74) is 1.92. The molecule has 114 valence electrons. The first-order valence-corrected chi connectivity index (χ1v) is 7.96. The summed E-state index contributed by atoms with van der Waals surface area (Å²) < 4.78 is 0. The van der Waals surface area contributed by atoms with Gasteiger partial charge in [0, 0.05) is 32.7 Å². The zero-order chi connectivity index (χ0) is 14.9. The molecule has 1 heterocycles. The average Bonchev–Trinajstić information content (AvgIpc) is 2.55. The number of piperazine rings is 1. The van der Waals surface area contributed by atoms with Crippen molar-refractivity contribution in [2.75, 3.05) is 45.8 Å². The van der Waals surface area contributed by atoms with Crippen LogP contribution in [0.15, 0.2) is 24.3 Å². The number of nitrogens with one attached hydrogen (secondary N) is 1. The van der Waals surface area contributed by atoms with Crippen molar-refractivity contribution in [2.24, 2.45) is 0 Å². The molecule has 0 unspecified atom stereocenters. The molecule has 21 heavy (non-hydrogen) atoms. The second-order valence-corrected chi connectivity index (χ2v) is 5.62. The maximum Gasteiger partial charge on any atom is 0.0991 e. The van der Waals surface area contributed by atoms with E-state index in [9.17, 15) is 0 Å². The number of nitrogens with zero attached hydrogens (tertiary/aromatic N) is 3. The van der Waals surface area contributed by atoms with Gasteiger partial charge in [-0.1, -0.05) is 19.1 Å². The lowest BCUT2D eigenvalue weighted by Crippen LogP contribution is -2.46. The summed E-state index contributed by atoms with van der Waals surface area (Å²) in [7, 11) is 0. The molecule has 1 aromatic carbocycles. The van der Waals surface area contributed by atoms with Gasteiger partial charge in [-0.3, -0.25) is 0 Å². The third-order valence-corrected chi connectivity index (χ3v) is 4.13. The molecule has 1 aliphatic rings. The Kier molecular flexibility index (Phi) is 6.68. The molecule has 4 heteroatoms. The van der Waals surface area contributed by atoms with E-state index >= 15 is 0 Å². The number of nitriles is 1. The number of benzene rings is 1. The van der Waals surface area contributed by atoms with Gasteiger partial charge in [-0.15, -0.1) is 0 Å². The molecule has 1 N–H and O–H groups in total. The Morgan fingerprint density at radius 2 is 1.95 bits per heavy atom. The van der Waals surface area contributed by atoms with E-state index in [0.717, 1.165) is 18.7 Å². The topological polar surface area (TPSA) is 42.3 Å². The van der Waals surface area contributed by atoms with E-state index in [1.807, 2.05) is 18.2 Å². The van der Waals surface area contributed by atoms with Crippen LogP contribution in [0.4, 0.5) is 0 Å². The van der Waals surface area contributed by atoms with Crippen molar-refractivity contribution in [3.8, 4) is 6.07 Å². The summed E-state index contributed by atoms with van der Waals surface area (Å²) in [5, 5.41) is 12.3. The van der Waals surface area contributed by atoms with Crippen LogP contribution in [0.3, 0.4) is 0 Å². The second-order valence-electron chi connectivity index (χ2n) is 5.62. The SMILES string of the molecule is CCN1CCN(CCCNCc2cccc(C#N)c2)CC1. The van der Waals surface area contributed by atoms with Crippen molar-refractivity contribution in [3.63, 3.8) is 0 Å². The highest BCUT2D eigenvalue weighted by Gasteiger charge is 2.14. The van der Waals surface area contributed by atoms with E-state index in [-0.39, 0.29) is 0 Å². The molecule has 0 bridgehead atoms. The highest BCUT2D eigenvalue weighted by atomic mass is 15.3. The first kappa shape index (κ1) is 16.0. The van der Waals surface area contributed by atoms with Crippen LogP contribution in [0.1, 0.15) is 24.5 Å². The minimum Gasteiger partial charge on any atom is -0.313 e. The third-order valence-electron chi connectivity index (χ3n) is 4.13. The van der Waals surface area contributed by atoms with Crippen molar-refractivity contribution >= 4 is 0 Å². The Balaban J connectivity index is 1.57. The lowest BCUT2D eigenvalue weighted by atomic mass is 10.1. The van der Waals surface area contributed by atoms with Crippen molar-refractivity contribution in [2.45, 2.75) is 19.9 Å². The van der Waals surface area contributed by atoms with Gasteiger partial charge < -0.3 is 15.1 Å². The summed E-state index contributed by atoms with van der Waals surface area (Å²) in [6, 6.07) is 10.00. The summed E-state index contributed by atoms with van der Waals surface area (Å²) >= 11 is 0. The number of hydrogen-bond donors (Lipinski definition) is 1. The molecule has 0 spiro atoms. The van der Waals surface area contributed by atoms with E-state index < -0.39 is 0 Å². The molecule has 0 saturated carbocycles. The van der Waals surface area contributed by atoms with Gasteiger partial charge in [0.25, 0.3) is 0 Å². The first-order chi connectivity index (χ1) is 10.3. The van der Waals surface area contributed by atoms with Gasteiger partial charge in [-0.05, 0) is 43.8 Å². The van der Waals surface area contributed by atoms with Crippen LogP contribution >= 0.6 is 0 Å². The van der Waals surface area contributed by atoms with Crippen molar-refractivity contribution in [1.29, 1.82) is 5.26 Å². The molecule has 1 fully saturated rings. The summed E-state index contributed by atoms with van der Waals surface area (Å²) in [5.74, 6) is 0. The van der Waals surface area contributed by atoms with Crippen LogP contribution in [0.25, 0.3) is 0 Å². The van der Waals surface area contributed by atoms with Crippen molar-refractivity contribution in [1.82, 2.24) is 15.1 Å². The molecule has 0 aliphatic carbocycles. The fourth-order valence-corrected chi connectivity index (χ4v) is 2.74. The van der Waals surface area contributed by atoms with E-state index in [0.29, 0.717) is 0 Å². The quantitative estimate of drug-likeness (QED) is 0.774. The van der Waals surface area contributed by atoms with Gasteiger partial charge in [0.15, 0.2) is 0 Å². The molecule has 2 rings (SSSR count). The summed E-state index contributed by atoms with van der Waals surface area (Å²) in [6.07, 6.45) is 1.18. The minimum atomic E-state index is 0.739. The highest BCUT2D eigenvalue weighted by Crippen LogP contribution is 2.04. The van der Waals surface area contributed by atoms with Crippen molar-refractivity contribution in [3.05, 3.63) is 35.4 Å². The van der Waals surface area contributed by atoms with E-state index in [1.165, 1.54) is 51.3 Å². The van der Waals surface area contributed by atoms with E-state index in [2.05, 4.69) is 34.2 Å². The standard InChI is InChI=1S/C17H26N4/c1-2-20-9-11-21(12-10-20)8-4-7-19-15-17-6-3-5-16(13-17)14-18/h3,5-6,13,19H,2,4,7-12,15H2,1H3. The van der Waals surface area contributed by atoms with Gasteiger partial charge in [-0.2, -0.15) is 5.26 Å². The third kappa shape index (κ3) is 5.47. The predicted octanol–water partition coefficient (Wildman–Crippen LogP) is 1.68. The monoisotopic (exact) mass is 286 g/mol. The predicted molar refractivity (Wildman–Crippen MR) is 86.0 cm³/mol. The van der Waals surface area contributed by atoms with Crippen LogP contribution in [0.2, 0.25) is 0 Å². The van der Waals surface area contributed by atoms with Crippen LogP contribution in [0, 0.1) is 11.3 Å². The van der Waals surface area contributed by atoms with Crippen molar-refractivity contribution < 1.29 is 0 Å². The largest absolute Gasteiger partial charge is 0.313 e. The number of rotatable bonds is 7. The molecule has 1 aliphatic heterocycles. The fraction of sp³-hybridized carbons (Fsp3) is 0.588. The summed E-state index contributed by atoms with van der Waals surface area (Å²) in [6.45, 7) is 11.3. The molecular weight excluding hydrogens is 260 g/mol. The van der Waals surface area contributed by atoms with Crippen LogP contribution < -0.4 is 5.32 Å². The molecule has 0 aromatic heterocycles. The molecule has 1 aromatic rings. The van der Waals surface area contributed by atoms with Gasteiger partial charge in [0.1, 0.15) is 0 Å².